The Bertz CT molecular complexity index is 958. The smallest absolute Gasteiger partial charge is 0.315 e. The Morgan fingerprint density at radius 3 is 2.40 bits per heavy atom. The molecular weight excluding hydrogens is 424 g/mol. The lowest BCUT2D eigenvalue weighted by Gasteiger charge is -2.35. The summed E-state index contributed by atoms with van der Waals surface area (Å²) in [5, 5.41) is 5.94. The van der Waals surface area contributed by atoms with Crippen LogP contribution in [0.3, 0.4) is 0 Å². The van der Waals surface area contributed by atoms with E-state index in [0.29, 0.717) is 37.7 Å². The number of nitrogens with zero attached hydrogens (tertiary/aromatic N) is 2. The summed E-state index contributed by atoms with van der Waals surface area (Å²) in [6, 6.07) is 15.0. The van der Waals surface area contributed by atoms with Gasteiger partial charge in [0.25, 0.3) is 0 Å². The number of carbonyl (C=O) groups is 1. The number of aryl methyl sites for hydroxylation is 1. The van der Waals surface area contributed by atoms with Crippen LogP contribution >= 0.6 is 11.6 Å². The van der Waals surface area contributed by atoms with Crippen molar-refractivity contribution in [1.82, 2.24) is 14.9 Å². The molecule has 0 unspecified atom stereocenters. The van der Waals surface area contributed by atoms with Gasteiger partial charge < -0.3 is 15.5 Å². The van der Waals surface area contributed by atoms with Crippen LogP contribution in [0.1, 0.15) is 11.1 Å². The van der Waals surface area contributed by atoms with E-state index in [1.165, 1.54) is 9.87 Å². The highest BCUT2D eigenvalue weighted by atomic mass is 35.5. The fourth-order valence-electron chi connectivity index (χ4n) is 3.32. The van der Waals surface area contributed by atoms with Gasteiger partial charge in [-0.15, -0.1) is 0 Å². The Morgan fingerprint density at radius 2 is 1.73 bits per heavy atom. The molecule has 1 heterocycles. The molecule has 3 rings (SSSR count). The fourth-order valence-corrected chi connectivity index (χ4v) is 4.78. The Labute approximate surface area is 183 Å². The zero-order chi connectivity index (χ0) is 21.6. The highest BCUT2D eigenvalue weighted by Crippen LogP contribution is 2.19. The van der Waals surface area contributed by atoms with E-state index in [4.69, 9.17) is 11.6 Å². The molecule has 0 aliphatic carbocycles. The number of rotatable bonds is 7. The Morgan fingerprint density at radius 1 is 1.03 bits per heavy atom. The van der Waals surface area contributed by atoms with E-state index in [0.717, 1.165) is 11.3 Å². The quantitative estimate of drug-likeness (QED) is 0.679. The van der Waals surface area contributed by atoms with Crippen LogP contribution in [-0.2, 0) is 16.6 Å². The minimum absolute atomic E-state index is 0.0624. The summed E-state index contributed by atoms with van der Waals surface area (Å²) in [6.07, 6.45) is 0. The Kier molecular flexibility index (Phi) is 7.58. The van der Waals surface area contributed by atoms with Gasteiger partial charge >= 0.3 is 6.03 Å². The van der Waals surface area contributed by atoms with Crippen molar-refractivity contribution in [3.05, 3.63) is 64.7 Å². The molecule has 0 spiro atoms. The zero-order valence-corrected chi connectivity index (χ0v) is 18.5. The molecule has 1 fully saturated rings. The number of halogens is 1. The highest BCUT2D eigenvalue weighted by Gasteiger charge is 2.26. The maximum Gasteiger partial charge on any atom is 0.315 e. The molecule has 0 aromatic heterocycles. The number of benzene rings is 2. The van der Waals surface area contributed by atoms with E-state index >= 15 is 0 Å². The lowest BCUT2D eigenvalue weighted by Crippen LogP contribution is -2.50. The molecular formula is C21H27ClN4O3S. The summed E-state index contributed by atoms with van der Waals surface area (Å²) >= 11 is 5.83. The highest BCUT2D eigenvalue weighted by molar-refractivity contribution is 7.89. The summed E-state index contributed by atoms with van der Waals surface area (Å²) in [7, 11) is -3.42. The van der Waals surface area contributed by atoms with E-state index in [1.807, 2.05) is 37.3 Å². The van der Waals surface area contributed by atoms with Gasteiger partial charge in [0.1, 0.15) is 0 Å². The second-order valence-electron chi connectivity index (χ2n) is 7.28. The number of amides is 2. The van der Waals surface area contributed by atoms with Gasteiger partial charge in [0.05, 0.1) is 5.75 Å². The van der Waals surface area contributed by atoms with E-state index < -0.39 is 16.1 Å². The van der Waals surface area contributed by atoms with Crippen molar-refractivity contribution < 1.29 is 13.2 Å². The molecule has 30 heavy (non-hydrogen) atoms. The van der Waals surface area contributed by atoms with Crippen molar-refractivity contribution in [2.45, 2.75) is 13.5 Å². The molecule has 0 bridgehead atoms. The predicted octanol–water partition coefficient (Wildman–Crippen LogP) is 2.60. The van der Waals surface area contributed by atoms with Gasteiger partial charge in [-0.1, -0.05) is 35.9 Å². The average Bonchev–Trinajstić information content (AvgIpc) is 2.73. The SMILES string of the molecule is Cc1cccc(N2CCN(S(=O)(=O)CCNC(=O)NCc3ccc(Cl)cc3)CC2)c1. The number of piperazine rings is 1. The van der Waals surface area contributed by atoms with Crippen LogP contribution in [0.4, 0.5) is 10.5 Å². The first-order valence-corrected chi connectivity index (χ1v) is 11.9. The van der Waals surface area contributed by atoms with E-state index in [2.05, 4.69) is 21.6 Å². The van der Waals surface area contributed by atoms with E-state index in [1.54, 1.807) is 12.1 Å². The van der Waals surface area contributed by atoms with Crippen LogP contribution in [0, 0.1) is 6.92 Å². The van der Waals surface area contributed by atoms with Crippen molar-refractivity contribution in [3.63, 3.8) is 0 Å². The van der Waals surface area contributed by atoms with Crippen molar-refractivity contribution in [2.24, 2.45) is 0 Å². The van der Waals surface area contributed by atoms with Gasteiger partial charge in [0.2, 0.25) is 10.0 Å². The molecule has 2 N–H and O–H groups in total. The van der Waals surface area contributed by atoms with Crippen molar-refractivity contribution in [1.29, 1.82) is 0 Å². The topological polar surface area (TPSA) is 81.8 Å². The molecule has 1 aliphatic rings. The molecule has 2 amide bonds. The van der Waals surface area contributed by atoms with Crippen LogP contribution in [-0.4, -0.2) is 57.2 Å². The van der Waals surface area contributed by atoms with Gasteiger partial charge in [-0.25, -0.2) is 13.2 Å². The molecule has 1 saturated heterocycles. The summed E-state index contributed by atoms with van der Waals surface area (Å²) in [5.74, 6) is -0.119. The maximum atomic E-state index is 12.6. The van der Waals surface area contributed by atoms with Crippen LogP contribution in [0.15, 0.2) is 48.5 Å². The van der Waals surface area contributed by atoms with Crippen LogP contribution in [0.2, 0.25) is 5.02 Å². The number of urea groups is 1. The number of hydrogen-bond acceptors (Lipinski definition) is 4. The van der Waals surface area contributed by atoms with Gasteiger partial charge in [-0.3, -0.25) is 0 Å². The Balaban J connectivity index is 1.40. The predicted molar refractivity (Wildman–Crippen MR) is 120 cm³/mol. The minimum Gasteiger partial charge on any atom is -0.369 e. The molecule has 7 nitrogen and oxygen atoms in total. The largest absolute Gasteiger partial charge is 0.369 e. The number of hydrogen-bond donors (Lipinski definition) is 2. The van der Waals surface area contributed by atoms with E-state index in [-0.39, 0.29) is 12.3 Å². The van der Waals surface area contributed by atoms with Gasteiger partial charge in [-0.2, -0.15) is 4.31 Å². The normalized spacial score (nSPS) is 15.1. The second-order valence-corrected chi connectivity index (χ2v) is 9.80. The summed E-state index contributed by atoms with van der Waals surface area (Å²) in [4.78, 5) is 14.1. The van der Waals surface area contributed by atoms with Gasteiger partial charge in [0.15, 0.2) is 0 Å². The lowest BCUT2D eigenvalue weighted by atomic mass is 10.2. The lowest BCUT2D eigenvalue weighted by molar-refractivity contribution is 0.241. The summed E-state index contributed by atoms with van der Waals surface area (Å²) in [6.45, 7) is 4.64. The molecule has 0 saturated carbocycles. The number of carbonyl (C=O) groups excluding carboxylic acids is 1. The third-order valence-corrected chi connectivity index (χ3v) is 7.13. The first kappa shape index (κ1) is 22.4. The average molecular weight is 451 g/mol. The van der Waals surface area contributed by atoms with Crippen molar-refractivity contribution in [2.75, 3.05) is 43.4 Å². The molecule has 2 aromatic rings. The first-order chi connectivity index (χ1) is 14.3. The molecule has 162 valence electrons. The summed E-state index contributed by atoms with van der Waals surface area (Å²) in [5.41, 5.74) is 3.21. The standard InChI is InChI=1S/C21H27ClN4O3S/c1-17-3-2-4-20(15-17)25-10-12-26(13-11-25)30(28,29)14-9-23-21(27)24-16-18-5-7-19(22)8-6-18/h2-8,15H,9-14,16H2,1H3,(H2,23,24,27). The molecule has 1 aliphatic heterocycles. The Hall–Kier alpha value is -2.29. The van der Waals surface area contributed by atoms with Crippen LogP contribution < -0.4 is 15.5 Å². The number of sulfonamides is 1. The monoisotopic (exact) mass is 450 g/mol. The van der Waals surface area contributed by atoms with Gasteiger partial charge in [0, 0.05) is 50.0 Å². The van der Waals surface area contributed by atoms with Crippen molar-refractivity contribution in [3.8, 4) is 0 Å². The maximum absolute atomic E-state index is 12.6. The zero-order valence-electron chi connectivity index (χ0n) is 17.0. The molecule has 0 radical (unpaired) electrons. The summed E-state index contributed by atoms with van der Waals surface area (Å²) < 4.78 is 26.7. The molecule has 0 atom stereocenters. The number of nitrogens with one attached hydrogen (secondary N) is 2. The molecule has 9 heteroatoms. The fraction of sp³-hybridized carbons (Fsp3) is 0.381. The van der Waals surface area contributed by atoms with Crippen molar-refractivity contribution >= 4 is 33.3 Å². The van der Waals surface area contributed by atoms with Crippen LogP contribution in [0.5, 0.6) is 0 Å². The van der Waals surface area contributed by atoms with Crippen LogP contribution in [0.25, 0.3) is 0 Å². The third-order valence-electron chi connectivity index (χ3n) is 5.01. The number of anilines is 1. The second kappa shape index (κ2) is 10.1. The van der Waals surface area contributed by atoms with Gasteiger partial charge in [-0.05, 0) is 42.3 Å². The van der Waals surface area contributed by atoms with E-state index in [9.17, 15) is 13.2 Å². The third kappa shape index (κ3) is 6.35. The molecule has 2 aromatic carbocycles. The first-order valence-electron chi connectivity index (χ1n) is 9.89. The minimum atomic E-state index is -3.42.